The molecule has 1 heterocycles. The quantitative estimate of drug-likeness (QED) is 0.735. The SMILES string of the molecule is CCCCC(CC)(CN)N(C)CC1CCN(C)CC1. The summed E-state index contributed by atoms with van der Waals surface area (Å²) in [5, 5.41) is 0. The summed E-state index contributed by atoms with van der Waals surface area (Å²) in [6.45, 7) is 9.11. The molecule has 114 valence electrons. The number of rotatable bonds is 8. The molecule has 1 atom stereocenters. The van der Waals surface area contributed by atoms with Gasteiger partial charge in [0.25, 0.3) is 0 Å². The molecular formula is C16H35N3. The van der Waals surface area contributed by atoms with Gasteiger partial charge in [0.2, 0.25) is 0 Å². The highest BCUT2D eigenvalue weighted by Gasteiger charge is 2.32. The fraction of sp³-hybridized carbons (Fsp3) is 1.00. The van der Waals surface area contributed by atoms with E-state index in [1.165, 1.54) is 58.2 Å². The van der Waals surface area contributed by atoms with Crippen molar-refractivity contribution in [3.63, 3.8) is 0 Å². The monoisotopic (exact) mass is 269 g/mol. The van der Waals surface area contributed by atoms with Crippen LogP contribution in [0.2, 0.25) is 0 Å². The molecule has 0 spiro atoms. The van der Waals surface area contributed by atoms with Crippen molar-refractivity contribution in [2.75, 3.05) is 40.3 Å². The summed E-state index contributed by atoms with van der Waals surface area (Å²) in [6.07, 6.45) is 7.68. The van der Waals surface area contributed by atoms with Crippen LogP contribution < -0.4 is 5.73 Å². The van der Waals surface area contributed by atoms with Crippen molar-refractivity contribution in [3.8, 4) is 0 Å². The predicted molar refractivity (Wildman–Crippen MR) is 84.5 cm³/mol. The van der Waals surface area contributed by atoms with Crippen LogP contribution in [0.5, 0.6) is 0 Å². The first kappa shape index (κ1) is 16.9. The van der Waals surface area contributed by atoms with Crippen LogP contribution in [0.15, 0.2) is 0 Å². The maximum atomic E-state index is 6.14. The standard InChI is InChI=1S/C16H35N3/c1-5-7-10-16(6-2,14-17)19(4)13-15-8-11-18(3)12-9-15/h15H,5-14,17H2,1-4H3. The van der Waals surface area contributed by atoms with Crippen LogP contribution >= 0.6 is 0 Å². The van der Waals surface area contributed by atoms with Crippen LogP contribution in [0.25, 0.3) is 0 Å². The summed E-state index contributed by atoms with van der Waals surface area (Å²) < 4.78 is 0. The second kappa shape index (κ2) is 8.23. The highest BCUT2D eigenvalue weighted by Crippen LogP contribution is 2.27. The Morgan fingerprint density at radius 3 is 2.37 bits per heavy atom. The summed E-state index contributed by atoms with van der Waals surface area (Å²) in [7, 11) is 4.53. The second-order valence-electron chi connectivity index (χ2n) is 6.51. The van der Waals surface area contributed by atoms with Crippen molar-refractivity contribution in [2.45, 2.75) is 57.9 Å². The van der Waals surface area contributed by atoms with E-state index in [1.54, 1.807) is 0 Å². The van der Waals surface area contributed by atoms with Crippen molar-refractivity contribution in [3.05, 3.63) is 0 Å². The molecule has 0 aromatic carbocycles. The maximum Gasteiger partial charge on any atom is 0.0326 e. The first-order chi connectivity index (χ1) is 9.07. The first-order valence-electron chi connectivity index (χ1n) is 8.17. The van der Waals surface area contributed by atoms with Gasteiger partial charge in [-0.25, -0.2) is 0 Å². The molecule has 0 aliphatic carbocycles. The molecule has 1 aliphatic rings. The second-order valence-corrected chi connectivity index (χ2v) is 6.51. The van der Waals surface area contributed by atoms with Crippen LogP contribution in [0.1, 0.15) is 52.4 Å². The molecule has 1 saturated heterocycles. The molecule has 1 rings (SSSR count). The molecule has 1 unspecified atom stereocenters. The Morgan fingerprint density at radius 1 is 1.26 bits per heavy atom. The lowest BCUT2D eigenvalue weighted by Gasteiger charge is -2.43. The van der Waals surface area contributed by atoms with Gasteiger partial charge in [-0.05, 0) is 58.8 Å². The molecule has 0 radical (unpaired) electrons. The van der Waals surface area contributed by atoms with Gasteiger partial charge < -0.3 is 10.6 Å². The van der Waals surface area contributed by atoms with E-state index in [-0.39, 0.29) is 5.54 Å². The van der Waals surface area contributed by atoms with Gasteiger partial charge in [-0.1, -0.05) is 26.7 Å². The zero-order chi connectivity index (χ0) is 14.3. The van der Waals surface area contributed by atoms with Gasteiger partial charge in [0.1, 0.15) is 0 Å². The Labute approximate surface area is 120 Å². The molecule has 0 saturated carbocycles. The summed E-state index contributed by atoms with van der Waals surface area (Å²) in [6, 6.07) is 0. The third-order valence-electron chi connectivity index (χ3n) is 5.21. The molecule has 0 amide bonds. The largest absolute Gasteiger partial charge is 0.329 e. The van der Waals surface area contributed by atoms with Crippen molar-refractivity contribution in [1.29, 1.82) is 0 Å². The van der Waals surface area contributed by atoms with Gasteiger partial charge in [0, 0.05) is 18.6 Å². The average Bonchev–Trinajstić information content (AvgIpc) is 2.43. The number of hydrogen-bond acceptors (Lipinski definition) is 3. The van der Waals surface area contributed by atoms with E-state index in [9.17, 15) is 0 Å². The van der Waals surface area contributed by atoms with E-state index in [4.69, 9.17) is 5.73 Å². The van der Waals surface area contributed by atoms with Crippen molar-refractivity contribution < 1.29 is 0 Å². The predicted octanol–water partition coefficient (Wildman–Crippen LogP) is 2.56. The molecular weight excluding hydrogens is 234 g/mol. The smallest absolute Gasteiger partial charge is 0.0326 e. The van der Waals surface area contributed by atoms with Crippen molar-refractivity contribution in [1.82, 2.24) is 9.80 Å². The number of hydrogen-bond donors (Lipinski definition) is 1. The lowest BCUT2D eigenvalue weighted by Crippen LogP contribution is -2.53. The van der Waals surface area contributed by atoms with E-state index in [1.807, 2.05) is 0 Å². The Morgan fingerprint density at radius 2 is 1.89 bits per heavy atom. The van der Waals surface area contributed by atoms with Gasteiger partial charge in [-0.15, -0.1) is 0 Å². The maximum absolute atomic E-state index is 6.14. The fourth-order valence-corrected chi connectivity index (χ4v) is 3.37. The highest BCUT2D eigenvalue weighted by atomic mass is 15.2. The molecule has 1 fully saturated rings. The molecule has 2 N–H and O–H groups in total. The van der Waals surface area contributed by atoms with E-state index in [2.05, 4.69) is 37.7 Å². The van der Waals surface area contributed by atoms with Crippen LogP contribution in [0, 0.1) is 5.92 Å². The summed E-state index contributed by atoms with van der Waals surface area (Å²) >= 11 is 0. The summed E-state index contributed by atoms with van der Waals surface area (Å²) in [5.74, 6) is 0.861. The summed E-state index contributed by atoms with van der Waals surface area (Å²) in [5.41, 5.74) is 6.37. The Hall–Kier alpha value is -0.120. The van der Waals surface area contributed by atoms with Crippen molar-refractivity contribution >= 4 is 0 Å². The minimum atomic E-state index is 0.235. The number of piperidine rings is 1. The Kier molecular flexibility index (Phi) is 7.33. The van der Waals surface area contributed by atoms with Crippen LogP contribution in [0.3, 0.4) is 0 Å². The third kappa shape index (κ3) is 4.73. The van der Waals surface area contributed by atoms with E-state index in [0.717, 1.165) is 12.5 Å². The number of nitrogens with zero attached hydrogens (tertiary/aromatic N) is 2. The van der Waals surface area contributed by atoms with Crippen LogP contribution in [-0.2, 0) is 0 Å². The number of nitrogens with two attached hydrogens (primary N) is 1. The third-order valence-corrected chi connectivity index (χ3v) is 5.21. The van der Waals surface area contributed by atoms with Crippen molar-refractivity contribution in [2.24, 2.45) is 11.7 Å². The van der Waals surface area contributed by atoms with E-state index in [0.29, 0.717) is 0 Å². The highest BCUT2D eigenvalue weighted by molar-refractivity contribution is 4.90. The van der Waals surface area contributed by atoms with Crippen LogP contribution in [-0.4, -0.2) is 55.6 Å². The molecule has 0 aromatic rings. The van der Waals surface area contributed by atoms with E-state index >= 15 is 0 Å². The van der Waals surface area contributed by atoms with E-state index < -0.39 is 0 Å². The molecule has 19 heavy (non-hydrogen) atoms. The van der Waals surface area contributed by atoms with Gasteiger partial charge >= 0.3 is 0 Å². The van der Waals surface area contributed by atoms with Crippen LogP contribution in [0.4, 0.5) is 0 Å². The topological polar surface area (TPSA) is 32.5 Å². The zero-order valence-corrected chi connectivity index (χ0v) is 13.6. The molecule has 0 bridgehead atoms. The minimum Gasteiger partial charge on any atom is -0.329 e. The summed E-state index contributed by atoms with van der Waals surface area (Å²) in [4.78, 5) is 5.03. The normalized spacial score (nSPS) is 21.8. The molecule has 1 aliphatic heterocycles. The Balaban J connectivity index is 2.53. The molecule has 3 heteroatoms. The Bertz CT molecular complexity index is 230. The van der Waals surface area contributed by atoms with Gasteiger partial charge in [0.15, 0.2) is 0 Å². The number of likely N-dealkylation sites (N-methyl/N-ethyl adjacent to an activating group) is 1. The molecule has 3 nitrogen and oxygen atoms in total. The lowest BCUT2D eigenvalue weighted by atomic mass is 9.86. The minimum absolute atomic E-state index is 0.235. The fourth-order valence-electron chi connectivity index (χ4n) is 3.37. The lowest BCUT2D eigenvalue weighted by molar-refractivity contribution is 0.0730. The number of unbranched alkanes of at least 4 members (excludes halogenated alkanes) is 1. The zero-order valence-electron chi connectivity index (χ0n) is 13.6. The van der Waals surface area contributed by atoms with Gasteiger partial charge in [0.05, 0.1) is 0 Å². The molecule has 0 aromatic heterocycles. The first-order valence-corrected chi connectivity index (χ1v) is 8.17. The average molecular weight is 269 g/mol. The van der Waals surface area contributed by atoms with Gasteiger partial charge in [-0.2, -0.15) is 0 Å². The number of likely N-dealkylation sites (tertiary alicyclic amines) is 1. The van der Waals surface area contributed by atoms with Gasteiger partial charge in [-0.3, -0.25) is 4.90 Å².